The number of rotatable bonds is 5. The van der Waals surface area contributed by atoms with E-state index in [1.165, 1.54) is 11.3 Å². The first-order valence-corrected chi connectivity index (χ1v) is 8.09. The van der Waals surface area contributed by atoms with Gasteiger partial charge in [0.2, 0.25) is 5.91 Å². The number of likely N-dealkylation sites (tertiary alicyclic amines) is 1. The summed E-state index contributed by atoms with van der Waals surface area (Å²) in [5.74, 6) is 0.553. The van der Waals surface area contributed by atoms with Crippen molar-refractivity contribution in [3.63, 3.8) is 0 Å². The molecule has 0 aromatic carbocycles. The highest BCUT2D eigenvalue weighted by Gasteiger charge is 2.34. The maximum absolute atomic E-state index is 12.4. The second-order valence-corrected chi connectivity index (χ2v) is 6.56. The molecule has 1 atom stereocenters. The van der Waals surface area contributed by atoms with Crippen LogP contribution in [0.1, 0.15) is 42.8 Å². The zero-order valence-corrected chi connectivity index (χ0v) is 12.9. The Kier molecular flexibility index (Phi) is 5.17. The van der Waals surface area contributed by atoms with Crippen molar-refractivity contribution in [1.82, 2.24) is 10.2 Å². The van der Waals surface area contributed by atoms with Crippen LogP contribution in [0.5, 0.6) is 0 Å². The number of carbonyl (C=O) groups is 2. The molecule has 0 bridgehead atoms. The zero-order valence-electron chi connectivity index (χ0n) is 12.1. The number of hydrogen-bond acceptors (Lipinski definition) is 3. The number of hydrogen-bond donors (Lipinski definition) is 1. The first-order valence-electron chi connectivity index (χ1n) is 7.21. The standard InChI is InChI=1S/C15H22N2O2S/c1-11(2)7-8-16-14(18)12-5-3-9-17(12)15(19)13-6-4-10-20-13/h4,6,10-12H,3,5,7-9H2,1-2H3,(H,16,18). The minimum absolute atomic E-state index is 0.00643. The topological polar surface area (TPSA) is 49.4 Å². The van der Waals surface area contributed by atoms with Crippen molar-refractivity contribution in [2.45, 2.75) is 39.2 Å². The van der Waals surface area contributed by atoms with Crippen LogP contribution in [0.4, 0.5) is 0 Å². The molecule has 2 heterocycles. The molecule has 2 amide bonds. The van der Waals surface area contributed by atoms with Gasteiger partial charge in [-0.15, -0.1) is 11.3 Å². The second kappa shape index (κ2) is 6.88. The Hall–Kier alpha value is -1.36. The predicted octanol–water partition coefficient (Wildman–Crippen LogP) is 2.52. The van der Waals surface area contributed by atoms with Gasteiger partial charge in [-0.05, 0) is 36.6 Å². The molecular formula is C15H22N2O2S. The molecule has 1 unspecified atom stereocenters. The normalized spacial score (nSPS) is 18.6. The SMILES string of the molecule is CC(C)CCNC(=O)C1CCCN1C(=O)c1cccs1. The second-order valence-electron chi connectivity index (χ2n) is 5.61. The summed E-state index contributed by atoms with van der Waals surface area (Å²) in [7, 11) is 0. The highest BCUT2D eigenvalue weighted by molar-refractivity contribution is 7.12. The van der Waals surface area contributed by atoms with E-state index in [0.717, 1.165) is 19.3 Å². The van der Waals surface area contributed by atoms with Gasteiger partial charge in [0.15, 0.2) is 0 Å². The number of thiophene rings is 1. The molecular weight excluding hydrogens is 272 g/mol. The average molecular weight is 294 g/mol. The molecule has 0 aliphatic carbocycles. The van der Waals surface area contributed by atoms with Gasteiger partial charge in [0.05, 0.1) is 4.88 Å². The van der Waals surface area contributed by atoms with Crippen molar-refractivity contribution in [2.24, 2.45) is 5.92 Å². The summed E-state index contributed by atoms with van der Waals surface area (Å²) in [6, 6.07) is 3.39. The van der Waals surface area contributed by atoms with Crippen LogP contribution in [0.3, 0.4) is 0 Å². The molecule has 4 nitrogen and oxygen atoms in total. The van der Waals surface area contributed by atoms with Gasteiger partial charge in [0.25, 0.3) is 5.91 Å². The fourth-order valence-electron chi connectivity index (χ4n) is 2.43. The molecule has 1 aliphatic heterocycles. The molecule has 1 aromatic heterocycles. The minimum Gasteiger partial charge on any atom is -0.354 e. The Balaban J connectivity index is 1.93. The molecule has 5 heteroatoms. The van der Waals surface area contributed by atoms with Crippen molar-refractivity contribution in [1.29, 1.82) is 0 Å². The third kappa shape index (κ3) is 3.60. The van der Waals surface area contributed by atoms with E-state index < -0.39 is 0 Å². The van der Waals surface area contributed by atoms with E-state index in [4.69, 9.17) is 0 Å². The number of nitrogens with zero attached hydrogens (tertiary/aromatic N) is 1. The minimum atomic E-state index is -0.295. The fourth-order valence-corrected chi connectivity index (χ4v) is 3.10. The molecule has 1 saturated heterocycles. The van der Waals surface area contributed by atoms with Crippen molar-refractivity contribution >= 4 is 23.2 Å². The Morgan fingerprint density at radius 1 is 1.50 bits per heavy atom. The highest BCUT2D eigenvalue weighted by Crippen LogP contribution is 2.22. The van der Waals surface area contributed by atoms with Gasteiger partial charge in [-0.25, -0.2) is 0 Å². The van der Waals surface area contributed by atoms with E-state index in [-0.39, 0.29) is 17.9 Å². The molecule has 2 rings (SSSR count). The van der Waals surface area contributed by atoms with Crippen LogP contribution in [0.2, 0.25) is 0 Å². The van der Waals surface area contributed by atoms with E-state index in [9.17, 15) is 9.59 Å². The lowest BCUT2D eigenvalue weighted by Crippen LogP contribution is -2.46. The van der Waals surface area contributed by atoms with Crippen molar-refractivity contribution in [3.05, 3.63) is 22.4 Å². The molecule has 1 aliphatic rings. The molecule has 20 heavy (non-hydrogen) atoms. The van der Waals surface area contributed by atoms with Gasteiger partial charge < -0.3 is 10.2 Å². The summed E-state index contributed by atoms with van der Waals surface area (Å²) in [5, 5.41) is 4.85. The summed E-state index contributed by atoms with van der Waals surface area (Å²) in [5.41, 5.74) is 0. The monoisotopic (exact) mass is 294 g/mol. The molecule has 0 saturated carbocycles. The maximum atomic E-state index is 12.4. The summed E-state index contributed by atoms with van der Waals surface area (Å²) in [6.45, 7) is 5.63. The van der Waals surface area contributed by atoms with Gasteiger partial charge in [-0.3, -0.25) is 9.59 Å². The van der Waals surface area contributed by atoms with Crippen LogP contribution in [-0.2, 0) is 4.79 Å². The van der Waals surface area contributed by atoms with Crippen LogP contribution in [0.25, 0.3) is 0 Å². The van der Waals surface area contributed by atoms with Gasteiger partial charge in [-0.1, -0.05) is 19.9 Å². The number of nitrogens with one attached hydrogen (secondary N) is 1. The van der Waals surface area contributed by atoms with Crippen molar-refractivity contribution in [2.75, 3.05) is 13.1 Å². The first kappa shape index (κ1) is 15.0. The number of amides is 2. The van der Waals surface area contributed by atoms with Gasteiger partial charge in [0, 0.05) is 13.1 Å². The quantitative estimate of drug-likeness (QED) is 0.907. The van der Waals surface area contributed by atoms with E-state index in [2.05, 4.69) is 19.2 Å². The highest BCUT2D eigenvalue weighted by atomic mass is 32.1. The Morgan fingerprint density at radius 3 is 2.95 bits per heavy atom. The molecule has 0 radical (unpaired) electrons. The van der Waals surface area contributed by atoms with E-state index in [1.807, 2.05) is 17.5 Å². The lowest BCUT2D eigenvalue weighted by Gasteiger charge is -2.23. The average Bonchev–Trinajstić information content (AvgIpc) is 3.08. The van der Waals surface area contributed by atoms with Crippen LogP contribution < -0.4 is 5.32 Å². The third-order valence-electron chi connectivity index (χ3n) is 3.57. The zero-order chi connectivity index (χ0) is 14.5. The summed E-state index contributed by atoms with van der Waals surface area (Å²) in [4.78, 5) is 27.0. The first-order chi connectivity index (χ1) is 9.59. The van der Waals surface area contributed by atoms with Gasteiger partial charge >= 0.3 is 0 Å². The van der Waals surface area contributed by atoms with Crippen molar-refractivity contribution in [3.8, 4) is 0 Å². The smallest absolute Gasteiger partial charge is 0.264 e. The van der Waals surface area contributed by atoms with Crippen LogP contribution in [0.15, 0.2) is 17.5 Å². The molecule has 0 spiro atoms. The maximum Gasteiger partial charge on any atom is 0.264 e. The summed E-state index contributed by atoms with van der Waals surface area (Å²) >= 11 is 1.43. The molecule has 1 fully saturated rings. The van der Waals surface area contributed by atoms with E-state index in [0.29, 0.717) is 23.9 Å². The largest absolute Gasteiger partial charge is 0.354 e. The predicted molar refractivity (Wildman–Crippen MR) is 80.8 cm³/mol. The molecule has 1 aromatic rings. The lowest BCUT2D eigenvalue weighted by atomic mass is 10.1. The fraction of sp³-hybridized carbons (Fsp3) is 0.600. The third-order valence-corrected chi connectivity index (χ3v) is 4.43. The molecule has 1 N–H and O–H groups in total. The van der Waals surface area contributed by atoms with Crippen LogP contribution >= 0.6 is 11.3 Å². The Labute approximate surface area is 124 Å². The van der Waals surface area contributed by atoms with E-state index in [1.54, 1.807) is 4.90 Å². The summed E-state index contributed by atoms with van der Waals surface area (Å²) in [6.07, 6.45) is 2.64. The van der Waals surface area contributed by atoms with Crippen molar-refractivity contribution < 1.29 is 9.59 Å². The lowest BCUT2D eigenvalue weighted by molar-refractivity contribution is -0.124. The van der Waals surface area contributed by atoms with Gasteiger partial charge in [-0.2, -0.15) is 0 Å². The summed E-state index contributed by atoms with van der Waals surface area (Å²) < 4.78 is 0. The Morgan fingerprint density at radius 2 is 2.30 bits per heavy atom. The van der Waals surface area contributed by atoms with Crippen LogP contribution in [-0.4, -0.2) is 35.8 Å². The Bertz CT molecular complexity index is 456. The number of carbonyl (C=O) groups excluding carboxylic acids is 2. The van der Waals surface area contributed by atoms with Gasteiger partial charge in [0.1, 0.15) is 6.04 Å². The van der Waals surface area contributed by atoms with Crippen LogP contribution in [0, 0.1) is 5.92 Å². The molecule has 110 valence electrons. The van der Waals surface area contributed by atoms with E-state index >= 15 is 0 Å².